The summed E-state index contributed by atoms with van der Waals surface area (Å²) in [5, 5.41) is 3.08. The van der Waals surface area contributed by atoms with Crippen LogP contribution in [0.1, 0.15) is 43.7 Å². The number of hydrogen-bond acceptors (Lipinski definition) is 3. The third-order valence-electron chi connectivity index (χ3n) is 5.65. The topological polar surface area (TPSA) is 58.6 Å². The lowest BCUT2D eigenvalue weighted by Gasteiger charge is -2.30. The van der Waals surface area contributed by atoms with E-state index in [1.54, 1.807) is 31.1 Å². The summed E-state index contributed by atoms with van der Waals surface area (Å²) in [5.74, 6) is 0.0891. The first-order valence-corrected chi connectivity index (χ1v) is 10.4. The van der Waals surface area contributed by atoms with E-state index in [0.29, 0.717) is 0 Å². The molecule has 2 aromatic carbocycles. The van der Waals surface area contributed by atoms with E-state index in [-0.39, 0.29) is 36.6 Å². The van der Waals surface area contributed by atoms with Gasteiger partial charge in [-0.25, -0.2) is 4.39 Å². The van der Waals surface area contributed by atoms with Crippen molar-refractivity contribution in [2.45, 2.75) is 57.7 Å². The van der Waals surface area contributed by atoms with Crippen molar-refractivity contribution in [3.8, 4) is 5.75 Å². The van der Waals surface area contributed by atoms with Crippen molar-refractivity contribution in [1.82, 2.24) is 10.2 Å². The Hall–Kier alpha value is -2.89. The van der Waals surface area contributed by atoms with E-state index < -0.39 is 6.04 Å². The first-order valence-electron chi connectivity index (χ1n) is 10.4. The molecule has 30 heavy (non-hydrogen) atoms. The van der Waals surface area contributed by atoms with Crippen LogP contribution in [0.15, 0.2) is 48.5 Å². The molecule has 2 amide bonds. The van der Waals surface area contributed by atoms with Gasteiger partial charge in [-0.1, -0.05) is 37.1 Å². The van der Waals surface area contributed by atoms with Crippen LogP contribution >= 0.6 is 0 Å². The number of ether oxygens (including phenoxy) is 1. The Morgan fingerprint density at radius 1 is 1.07 bits per heavy atom. The van der Waals surface area contributed by atoms with Crippen LogP contribution in [0.2, 0.25) is 0 Å². The van der Waals surface area contributed by atoms with Gasteiger partial charge in [0.25, 0.3) is 0 Å². The Balaban J connectivity index is 1.74. The lowest BCUT2D eigenvalue weighted by molar-refractivity contribution is -0.140. The van der Waals surface area contributed by atoms with Crippen molar-refractivity contribution in [3.05, 3.63) is 65.5 Å². The van der Waals surface area contributed by atoms with Gasteiger partial charge >= 0.3 is 0 Å². The summed E-state index contributed by atoms with van der Waals surface area (Å²) >= 11 is 0. The lowest BCUT2D eigenvalue weighted by atomic mass is 10.1. The van der Waals surface area contributed by atoms with Gasteiger partial charge in [-0.2, -0.15) is 0 Å². The lowest BCUT2D eigenvalue weighted by Crippen LogP contribution is -2.50. The fourth-order valence-corrected chi connectivity index (χ4v) is 3.78. The molecule has 0 spiro atoms. The van der Waals surface area contributed by atoms with Crippen LogP contribution < -0.4 is 10.1 Å². The Morgan fingerprint density at radius 3 is 2.27 bits per heavy atom. The molecule has 0 unspecified atom stereocenters. The van der Waals surface area contributed by atoms with E-state index in [1.165, 1.54) is 12.1 Å². The number of nitrogens with zero attached hydrogens (tertiary/aromatic N) is 1. The van der Waals surface area contributed by atoms with Gasteiger partial charge in [0.1, 0.15) is 17.6 Å². The number of nitrogens with one attached hydrogen (secondary N) is 1. The average Bonchev–Trinajstić information content (AvgIpc) is 3.26. The van der Waals surface area contributed by atoms with Crippen LogP contribution in [-0.4, -0.2) is 35.9 Å². The Morgan fingerprint density at radius 2 is 1.67 bits per heavy atom. The van der Waals surface area contributed by atoms with Gasteiger partial charge in [-0.3, -0.25) is 9.59 Å². The number of carbonyl (C=O) groups is 2. The van der Waals surface area contributed by atoms with E-state index in [9.17, 15) is 14.0 Å². The zero-order valence-corrected chi connectivity index (χ0v) is 17.6. The van der Waals surface area contributed by atoms with Crippen molar-refractivity contribution in [2.75, 3.05) is 7.11 Å². The number of amides is 2. The average molecular weight is 413 g/mol. The van der Waals surface area contributed by atoms with Crippen molar-refractivity contribution in [3.63, 3.8) is 0 Å². The minimum Gasteiger partial charge on any atom is -0.497 e. The highest BCUT2D eigenvalue weighted by Crippen LogP contribution is 2.19. The minimum absolute atomic E-state index is 0.146. The van der Waals surface area contributed by atoms with Gasteiger partial charge in [0.2, 0.25) is 11.8 Å². The van der Waals surface area contributed by atoms with Crippen LogP contribution in [0.5, 0.6) is 5.75 Å². The Kier molecular flexibility index (Phi) is 7.44. The molecule has 0 radical (unpaired) electrons. The summed E-state index contributed by atoms with van der Waals surface area (Å²) in [6.07, 6.45) is 4.38. The summed E-state index contributed by atoms with van der Waals surface area (Å²) in [7, 11) is 1.59. The predicted octanol–water partition coefficient (Wildman–Crippen LogP) is 3.85. The second kappa shape index (κ2) is 10.2. The summed E-state index contributed by atoms with van der Waals surface area (Å²) in [5.41, 5.74) is 1.62. The maximum absolute atomic E-state index is 13.3. The number of methoxy groups -OCH3 is 1. The number of benzene rings is 2. The van der Waals surface area contributed by atoms with Gasteiger partial charge in [0.05, 0.1) is 13.5 Å². The van der Waals surface area contributed by atoms with Crippen LogP contribution in [-0.2, 0) is 22.6 Å². The summed E-state index contributed by atoms with van der Waals surface area (Å²) in [6, 6.07) is 12.9. The number of hydrogen-bond donors (Lipinski definition) is 1. The zero-order chi connectivity index (χ0) is 21.5. The second-order valence-corrected chi connectivity index (χ2v) is 7.84. The van der Waals surface area contributed by atoms with Crippen LogP contribution in [0.3, 0.4) is 0 Å². The standard InChI is InChI=1S/C24H29FN2O3/c1-17(24(29)26-21-5-3-4-6-21)27(16-19-7-11-20(25)12-8-19)23(28)15-18-9-13-22(30-2)14-10-18/h7-14,17,21H,3-6,15-16H2,1-2H3,(H,26,29)/t17-/m1/s1. The molecule has 1 fully saturated rings. The molecular weight excluding hydrogens is 383 g/mol. The highest BCUT2D eigenvalue weighted by molar-refractivity contribution is 5.88. The number of rotatable bonds is 8. The molecule has 5 nitrogen and oxygen atoms in total. The van der Waals surface area contributed by atoms with E-state index in [4.69, 9.17) is 4.74 Å². The molecule has 1 saturated carbocycles. The molecule has 160 valence electrons. The van der Waals surface area contributed by atoms with Gasteiger partial charge in [-0.05, 0) is 55.2 Å². The SMILES string of the molecule is COc1ccc(CC(=O)N(Cc2ccc(F)cc2)[C@H](C)C(=O)NC2CCCC2)cc1. The van der Waals surface area contributed by atoms with Crippen molar-refractivity contribution >= 4 is 11.8 Å². The summed E-state index contributed by atoms with van der Waals surface area (Å²) in [6.45, 7) is 1.99. The Labute approximate surface area is 177 Å². The van der Waals surface area contributed by atoms with Gasteiger partial charge in [-0.15, -0.1) is 0 Å². The fourth-order valence-electron chi connectivity index (χ4n) is 3.78. The molecule has 3 rings (SSSR count). The maximum atomic E-state index is 13.3. The zero-order valence-electron chi connectivity index (χ0n) is 17.6. The molecule has 0 saturated heterocycles. The summed E-state index contributed by atoms with van der Waals surface area (Å²) in [4.78, 5) is 27.6. The Bertz CT molecular complexity index is 846. The normalized spacial score (nSPS) is 14.9. The third-order valence-corrected chi connectivity index (χ3v) is 5.65. The molecule has 0 heterocycles. The molecule has 0 aliphatic heterocycles. The predicted molar refractivity (Wildman–Crippen MR) is 114 cm³/mol. The second-order valence-electron chi connectivity index (χ2n) is 7.84. The largest absolute Gasteiger partial charge is 0.497 e. The fraction of sp³-hybridized carbons (Fsp3) is 0.417. The minimum atomic E-state index is -0.624. The molecular formula is C24H29FN2O3. The smallest absolute Gasteiger partial charge is 0.242 e. The van der Waals surface area contributed by atoms with Crippen LogP contribution in [0.25, 0.3) is 0 Å². The molecule has 0 aromatic heterocycles. The van der Waals surface area contributed by atoms with E-state index in [0.717, 1.165) is 42.6 Å². The van der Waals surface area contributed by atoms with E-state index in [2.05, 4.69) is 5.32 Å². The number of carbonyl (C=O) groups excluding carboxylic acids is 2. The maximum Gasteiger partial charge on any atom is 0.242 e. The molecule has 2 aromatic rings. The third kappa shape index (κ3) is 5.81. The first kappa shape index (κ1) is 21.8. The molecule has 1 N–H and O–H groups in total. The number of halogens is 1. The van der Waals surface area contributed by atoms with Gasteiger partial charge in [0, 0.05) is 12.6 Å². The van der Waals surface area contributed by atoms with Crippen LogP contribution in [0.4, 0.5) is 4.39 Å². The van der Waals surface area contributed by atoms with Crippen LogP contribution in [0, 0.1) is 5.82 Å². The van der Waals surface area contributed by atoms with E-state index in [1.807, 2.05) is 24.3 Å². The highest BCUT2D eigenvalue weighted by Gasteiger charge is 2.28. The van der Waals surface area contributed by atoms with Gasteiger partial charge in [0.15, 0.2) is 0 Å². The first-order chi connectivity index (χ1) is 14.5. The van der Waals surface area contributed by atoms with Crippen molar-refractivity contribution < 1.29 is 18.7 Å². The van der Waals surface area contributed by atoms with Gasteiger partial charge < -0.3 is 15.0 Å². The quantitative estimate of drug-likeness (QED) is 0.716. The molecule has 6 heteroatoms. The molecule has 1 aliphatic rings. The molecule has 1 atom stereocenters. The monoisotopic (exact) mass is 412 g/mol. The summed E-state index contributed by atoms with van der Waals surface area (Å²) < 4.78 is 18.5. The highest BCUT2D eigenvalue weighted by atomic mass is 19.1. The molecule has 1 aliphatic carbocycles. The molecule has 0 bridgehead atoms. The van der Waals surface area contributed by atoms with Crippen molar-refractivity contribution in [2.24, 2.45) is 0 Å². The van der Waals surface area contributed by atoms with Crippen molar-refractivity contribution in [1.29, 1.82) is 0 Å². The van der Waals surface area contributed by atoms with E-state index >= 15 is 0 Å².